The zero-order valence-electron chi connectivity index (χ0n) is 20.1. The highest BCUT2D eigenvalue weighted by molar-refractivity contribution is 5.91. The monoisotopic (exact) mass is 504 g/mol. The van der Waals surface area contributed by atoms with Gasteiger partial charge in [-0.2, -0.15) is 13.2 Å². The number of amides is 2. The van der Waals surface area contributed by atoms with Crippen molar-refractivity contribution in [3.8, 4) is 0 Å². The van der Waals surface area contributed by atoms with Gasteiger partial charge in [0.15, 0.2) is 0 Å². The Morgan fingerprint density at radius 2 is 1.75 bits per heavy atom. The van der Waals surface area contributed by atoms with Gasteiger partial charge in [0, 0.05) is 43.5 Å². The summed E-state index contributed by atoms with van der Waals surface area (Å²) in [5.74, 6) is 0.445. The van der Waals surface area contributed by atoms with E-state index in [0.717, 1.165) is 76.8 Å². The number of nitrogens with one attached hydrogen (secondary N) is 2. The van der Waals surface area contributed by atoms with Gasteiger partial charge >= 0.3 is 6.18 Å². The molecular formula is C25H31F3N6O2. The molecule has 0 atom stereocenters. The van der Waals surface area contributed by atoms with Crippen LogP contribution in [0, 0.1) is 5.92 Å². The van der Waals surface area contributed by atoms with Crippen LogP contribution in [0.3, 0.4) is 0 Å². The van der Waals surface area contributed by atoms with E-state index in [1.165, 1.54) is 12.4 Å². The van der Waals surface area contributed by atoms with Crippen LogP contribution in [0.2, 0.25) is 0 Å². The fraction of sp³-hybridized carbons (Fsp3) is 0.600. The average Bonchev–Trinajstić information content (AvgIpc) is 3.38. The Hall–Kier alpha value is -2.95. The lowest BCUT2D eigenvalue weighted by molar-refractivity contribution is -0.137. The molecule has 194 valence electrons. The van der Waals surface area contributed by atoms with Crippen molar-refractivity contribution in [1.82, 2.24) is 25.1 Å². The lowest BCUT2D eigenvalue weighted by atomic mass is 9.83. The highest BCUT2D eigenvalue weighted by Gasteiger charge is 2.37. The Balaban J connectivity index is 1.06. The van der Waals surface area contributed by atoms with E-state index >= 15 is 0 Å². The number of carbonyl (C=O) groups is 2. The van der Waals surface area contributed by atoms with E-state index in [2.05, 4.69) is 25.5 Å². The molecule has 3 fully saturated rings. The first kappa shape index (κ1) is 24.7. The number of fused-ring (bicyclic) bond motifs is 1. The Kier molecular flexibility index (Phi) is 7.00. The quantitative estimate of drug-likeness (QED) is 0.629. The van der Waals surface area contributed by atoms with E-state index in [-0.39, 0.29) is 35.6 Å². The number of alkyl halides is 3. The van der Waals surface area contributed by atoms with E-state index in [0.29, 0.717) is 17.5 Å². The lowest BCUT2D eigenvalue weighted by Crippen LogP contribution is -2.63. The van der Waals surface area contributed by atoms with Crippen LogP contribution in [-0.2, 0) is 15.8 Å². The van der Waals surface area contributed by atoms with E-state index in [4.69, 9.17) is 0 Å². The SMILES string of the molecule is O=C(CNc1ncnc2ccc(C(F)(F)F)cc12)NC1CN([C@H]2CC[C@H](C(=O)N3CCCC3)CC2)C1. The number of nitrogens with zero attached hydrogens (tertiary/aromatic N) is 4. The summed E-state index contributed by atoms with van der Waals surface area (Å²) >= 11 is 0. The summed E-state index contributed by atoms with van der Waals surface area (Å²) in [5, 5.41) is 6.05. The maximum atomic E-state index is 13.1. The zero-order valence-corrected chi connectivity index (χ0v) is 20.1. The van der Waals surface area contributed by atoms with Crippen molar-refractivity contribution in [2.24, 2.45) is 5.92 Å². The van der Waals surface area contributed by atoms with Gasteiger partial charge in [0.2, 0.25) is 11.8 Å². The first-order valence-corrected chi connectivity index (χ1v) is 12.7. The molecule has 0 radical (unpaired) electrons. The topological polar surface area (TPSA) is 90.5 Å². The van der Waals surface area contributed by atoms with Crippen LogP contribution in [0.1, 0.15) is 44.1 Å². The van der Waals surface area contributed by atoms with Crippen molar-refractivity contribution in [3.63, 3.8) is 0 Å². The Bertz CT molecular complexity index is 1110. The molecule has 2 aromatic rings. The first-order chi connectivity index (χ1) is 17.3. The molecule has 2 saturated heterocycles. The van der Waals surface area contributed by atoms with Crippen molar-refractivity contribution >= 4 is 28.5 Å². The summed E-state index contributed by atoms with van der Waals surface area (Å²) in [6.45, 7) is 3.26. The van der Waals surface area contributed by atoms with Gasteiger partial charge in [-0.15, -0.1) is 0 Å². The summed E-state index contributed by atoms with van der Waals surface area (Å²) < 4.78 is 39.3. The second kappa shape index (κ2) is 10.2. The molecule has 3 aliphatic rings. The van der Waals surface area contributed by atoms with Crippen molar-refractivity contribution in [2.75, 3.05) is 38.0 Å². The highest BCUT2D eigenvalue weighted by atomic mass is 19.4. The largest absolute Gasteiger partial charge is 0.416 e. The molecule has 11 heteroatoms. The molecule has 8 nitrogen and oxygen atoms in total. The van der Waals surface area contributed by atoms with E-state index in [1.54, 1.807) is 0 Å². The van der Waals surface area contributed by atoms with Crippen molar-refractivity contribution in [2.45, 2.75) is 56.8 Å². The maximum Gasteiger partial charge on any atom is 0.416 e. The number of anilines is 1. The number of halogens is 3. The number of likely N-dealkylation sites (tertiary alicyclic amines) is 2. The molecule has 2 aliphatic heterocycles. The second-order valence-corrected chi connectivity index (χ2v) is 10.1. The van der Waals surface area contributed by atoms with E-state index in [9.17, 15) is 22.8 Å². The van der Waals surface area contributed by atoms with Crippen LogP contribution in [0.4, 0.5) is 19.0 Å². The third kappa shape index (κ3) is 5.40. The predicted octanol–water partition coefficient (Wildman–Crippen LogP) is 3.04. The highest BCUT2D eigenvalue weighted by Crippen LogP contribution is 2.33. The second-order valence-electron chi connectivity index (χ2n) is 10.1. The van der Waals surface area contributed by atoms with Gasteiger partial charge in [0.1, 0.15) is 12.1 Å². The fourth-order valence-corrected chi connectivity index (χ4v) is 5.60. The minimum absolute atomic E-state index is 0.0437. The number of hydrogen-bond donors (Lipinski definition) is 2. The summed E-state index contributed by atoms with van der Waals surface area (Å²) in [7, 11) is 0. The number of carbonyl (C=O) groups excluding carboxylic acids is 2. The molecule has 2 amide bonds. The van der Waals surface area contributed by atoms with Crippen molar-refractivity contribution in [1.29, 1.82) is 0 Å². The third-order valence-corrected chi connectivity index (χ3v) is 7.63. The molecule has 1 aliphatic carbocycles. The standard InChI is InChI=1S/C25H31F3N6O2/c26-25(27,28)17-5-8-21-20(11-17)23(31-15-30-21)29-12-22(35)32-18-13-34(14-18)19-6-3-16(4-7-19)24(36)33-9-1-2-10-33/h5,8,11,15-16,18-19H,1-4,6-7,9-10,12-14H2,(H,32,35)(H,29,30,31)/t16-,19-. The van der Waals surface area contributed by atoms with Crippen LogP contribution in [0.15, 0.2) is 24.5 Å². The smallest absolute Gasteiger partial charge is 0.360 e. The fourth-order valence-electron chi connectivity index (χ4n) is 5.60. The minimum Gasteiger partial charge on any atom is -0.360 e. The normalized spacial score (nSPS) is 23.5. The first-order valence-electron chi connectivity index (χ1n) is 12.7. The molecule has 1 aromatic heterocycles. The Morgan fingerprint density at radius 3 is 2.44 bits per heavy atom. The van der Waals surface area contributed by atoms with Gasteiger partial charge in [0.05, 0.1) is 23.7 Å². The Labute approximate surface area is 207 Å². The lowest BCUT2D eigenvalue weighted by Gasteiger charge is -2.46. The molecule has 0 unspecified atom stereocenters. The van der Waals surface area contributed by atoms with Gasteiger partial charge < -0.3 is 15.5 Å². The van der Waals surface area contributed by atoms with Gasteiger partial charge in [-0.1, -0.05) is 0 Å². The van der Waals surface area contributed by atoms with Crippen molar-refractivity contribution < 1.29 is 22.8 Å². The number of aromatic nitrogens is 2. The summed E-state index contributed by atoms with van der Waals surface area (Å²) in [5.41, 5.74) is -0.423. The Morgan fingerprint density at radius 1 is 1.03 bits per heavy atom. The van der Waals surface area contributed by atoms with Crippen LogP contribution in [-0.4, -0.2) is 76.4 Å². The molecule has 1 aromatic carbocycles. The van der Waals surface area contributed by atoms with E-state index in [1.807, 2.05) is 4.90 Å². The van der Waals surface area contributed by atoms with Crippen molar-refractivity contribution in [3.05, 3.63) is 30.1 Å². The number of rotatable bonds is 6. The van der Waals surface area contributed by atoms with Crippen LogP contribution in [0.25, 0.3) is 10.9 Å². The van der Waals surface area contributed by atoms with Gasteiger partial charge in [-0.25, -0.2) is 9.97 Å². The molecule has 0 spiro atoms. The van der Waals surface area contributed by atoms with Crippen LogP contribution in [0.5, 0.6) is 0 Å². The van der Waals surface area contributed by atoms with Gasteiger partial charge in [-0.3, -0.25) is 14.5 Å². The van der Waals surface area contributed by atoms with Gasteiger partial charge in [-0.05, 0) is 56.7 Å². The molecule has 3 heterocycles. The van der Waals surface area contributed by atoms with Crippen LogP contribution < -0.4 is 10.6 Å². The molecule has 0 bridgehead atoms. The molecule has 2 N–H and O–H groups in total. The summed E-state index contributed by atoms with van der Waals surface area (Å²) in [6, 6.07) is 3.76. The van der Waals surface area contributed by atoms with E-state index < -0.39 is 11.7 Å². The third-order valence-electron chi connectivity index (χ3n) is 7.63. The molecular weight excluding hydrogens is 473 g/mol. The summed E-state index contributed by atoms with van der Waals surface area (Å²) in [6.07, 6.45) is 2.89. The zero-order chi connectivity index (χ0) is 25.3. The molecule has 36 heavy (non-hydrogen) atoms. The average molecular weight is 505 g/mol. The maximum absolute atomic E-state index is 13.1. The predicted molar refractivity (Wildman–Crippen MR) is 128 cm³/mol. The van der Waals surface area contributed by atoms with Crippen LogP contribution >= 0.6 is 0 Å². The summed E-state index contributed by atoms with van der Waals surface area (Å²) in [4.78, 5) is 37.5. The molecule has 5 rings (SSSR count). The number of hydrogen-bond acceptors (Lipinski definition) is 6. The number of benzene rings is 1. The molecule has 1 saturated carbocycles. The van der Waals surface area contributed by atoms with Gasteiger partial charge in [0.25, 0.3) is 0 Å². The minimum atomic E-state index is -4.47.